The monoisotopic (exact) mass is 328 g/mol. The molecule has 0 N–H and O–H groups in total. The summed E-state index contributed by atoms with van der Waals surface area (Å²) in [6.07, 6.45) is 1.95. The molecule has 2 heterocycles. The third-order valence-corrected chi connectivity index (χ3v) is 3.23. The maximum absolute atomic E-state index is 5.92. The van der Waals surface area contributed by atoms with Crippen LogP contribution in [-0.2, 0) is 0 Å². The molecule has 2 aromatic heterocycles. The Balaban J connectivity index is 2.53. The number of aromatic nitrogens is 2. The van der Waals surface area contributed by atoms with E-state index < -0.39 is 0 Å². The summed E-state index contributed by atoms with van der Waals surface area (Å²) in [4.78, 5) is 4.49. The molecule has 2 nitrogen and oxygen atoms in total. The van der Waals surface area contributed by atoms with Gasteiger partial charge in [0.2, 0.25) is 0 Å². The van der Waals surface area contributed by atoms with Crippen LogP contribution in [0.5, 0.6) is 0 Å². The molecular formula is C11H6ClIN2. The summed E-state index contributed by atoms with van der Waals surface area (Å²) in [5.41, 5.74) is 3.01. The lowest BCUT2D eigenvalue weighted by Gasteiger charge is -1.95. The summed E-state index contributed by atoms with van der Waals surface area (Å²) >= 11 is 8.22. The van der Waals surface area contributed by atoms with Crippen molar-refractivity contribution in [2.75, 3.05) is 0 Å². The second-order valence-electron chi connectivity index (χ2n) is 3.32. The van der Waals surface area contributed by atoms with Gasteiger partial charge in [0, 0.05) is 20.9 Å². The lowest BCUT2D eigenvalue weighted by Crippen LogP contribution is -1.82. The van der Waals surface area contributed by atoms with E-state index >= 15 is 0 Å². The highest BCUT2D eigenvalue weighted by molar-refractivity contribution is 14.1. The number of nitrogens with zero attached hydrogens (tertiary/aromatic N) is 2. The number of fused-ring (bicyclic) bond motifs is 3. The van der Waals surface area contributed by atoms with E-state index in [4.69, 9.17) is 11.6 Å². The Labute approximate surface area is 105 Å². The van der Waals surface area contributed by atoms with Crippen LogP contribution in [0, 0.1) is 3.57 Å². The Bertz CT molecular complexity index is 660. The maximum atomic E-state index is 5.92. The van der Waals surface area contributed by atoms with Crippen molar-refractivity contribution in [1.82, 2.24) is 9.38 Å². The van der Waals surface area contributed by atoms with Gasteiger partial charge in [0.05, 0.1) is 11.0 Å². The largest absolute Gasteiger partial charge is 0.300 e. The molecule has 15 heavy (non-hydrogen) atoms. The fourth-order valence-electron chi connectivity index (χ4n) is 1.66. The minimum absolute atomic E-state index is 0.715. The van der Waals surface area contributed by atoms with Crippen molar-refractivity contribution in [3.63, 3.8) is 0 Å². The van der Waals surface area contributed by atoms with Crippen LogP contribution in [-0.4, -0.2) is 9.38 Å². The minimum atomic E-state index is 0.715. The second-order valence-corrected chi connectivity index (χ2v) is 5.00. The summed E-state index contributed by atoms with van der Waals surface area (Å²) in [5, 5.41) is 0.715. The lowest BCUT2D eigenvalue weighted by atomic mass is 10.3. The number of halogens is 2. The Morgan fingerprint density at radius 2 is 2.07 bits per heavy atom. The van der Waals surface area contributed by atoms with Gasteiger partial charge in [-0.25, -0.2) is 4.98 Å². The van der Waals surface area contributed by atoms with Crippen molar-refractivity contribution in [1.29, 1.82) is 0 Å². The average molecular weight is 329 g/mol. The SMILES string of the molecule is Clc1ccn2c(c1)nc1ccc(I)cc12. The van der Waals surface area contributed by atoms with Gasteiger partial charge in [-0.3, -0.25) is 4.40 Å². The standard InChI is InChI=1S/C11H6ClIN2/c12-7-3-4-15-10-6-8(13)1-2-9(10)14-11(15)5-7/h1-6H. The van der Waals surface area contributed by atoms with Crippen molar-refractivity contribution in [3.8, 4) is 0 Å². The van der Waals surface area contributed by atoms with Crippen LogP contribution in [0.4, 0.5) is 0 Å². The van der Waals surface area contributed by atoms with Gasteiger partial charge in [0.25, 0.3) is 0 Å². The fourth-order valence-corrected chi connectivity index (χ4v) is 2.29. The molecule has 0 saturated heterocycles. The topological polar surface area (TPSA) is 17.3 Å². The Hall–Kier alpha value is -0.810. The van der Waals surface area contributed by atoms with Crippen LogP contribution in [0.1, 0.15) is 0 Å². The molecule has 0 unspecified atom stereocenters. The van der Waals surface area contributed by atoms with E-state index in [1.165, 1.54) is 3.57 Å². The zero-order valence-electron chi connectivity index (χ0n) is 7.61. The minimum Gasteiger partial charge on any atom is -0.300 e. The highest BCUT2D eigenvalue weighted by Crippen LogP contribution is 2.21. The van der Waals surface area contributed by atoms with Gasteiger partial charge in [0.15, 0.2) is 0 Å². The highest BCUT2D eigenvalue weighted by Gasteiger charge is 2.04. The lowest BCUT2D eigenvalue weighted by molar-refractivity contribution is 1.23. The zero-order chi connectivity index (χ0) is 10.4. The molecule has 0 aliphatic rings. The first-order valence-electron chi connectivity index (χ1n) is 4.47. The van der Waals surface area contributed by atoms with Crippen molar-refractivity contribution < 1.29 is 0 Å². The van der Waals surface area contributed by atoms with E-state index in [2.05, 4.69) is 39.7 Å². The molecule has 0 fully saturated rings. The van der Waals surface area contributed by atoms with Gasteiger partial charge in [-0.2, -0.15) is 0 Å². The molecule has 3 rings (SSSR count). The van der Waals surface area contributed by atoms with Crippen LogP contribution in [0.25, 0.3) is 16.7 Å². The molecule has 1 aromatic carbocycles. The van der Waals surface area contributed by atoms with Crippen LogP contribution in [0.3, 0.4) is 0 Å². The number of rotatable bonds is 0. The molecule has 0 bridgehead atoms. The molecule has 0 radical (unpaired) electrons. The van der Waals surface area contributed by atoms with E-state index in [1.54, 1.807) is 0 Å². The van der Waals surface area contributed by atoms with Gasteiger partial charge in [0.1, 0.15) is 5.65 Å². The van der Waals surface area contributed by atoms with Gasteiger partial charge < -0.3 is 0 Å². The number of benzene rings is 1. The molecule has 0 aliphatic carbocycles. The molecule has 4 heteroatoms. The average Bonchev–Trinajstić information content (AvgIpc) is 2.54. The summed E-state index contributed by atoms with van der Waals surface area (Å²) in [5.74, 6) is 0. The Kier molecular flexibility index (Phi) is 2.10. The third kappa shape index (κ3) is 1.50. The van der Waals surface area contributed by atoms with Crippen molar-refractivity contribution in [2.24, 2.45) is 0 Å². The number of imidazole rings is 1. The Morgan fingerprint density at radius 3 is 2.93 bits per heavy atom. The summed E-state index contributed by atoms with van der Waals surface area (Å²) in [7, 11) is 0. The molecular weight excluding hydrogens is 322 g/mol. The van der Waals surface area contributed by atoms with Crippen LogP contribution < -0.4 is 0 Å². The summed E-state index contributed by atoms with van der Waals surface area (Å²) in [6, 6.07) is 9.93. The summed E-state index contributed by atoms with van der Waals surface area (Å²) in [6.45, 7) is 0. The first-order valence-corrected chi connectivity index (χ1v) is 5.92. The first-order chi connectivity index (χ1) is 7.24. The highest BCUT2D eigenvalue weighted by atomic mass is 127. The maximum Gasteiger partial charge on any atom is 0.139 e. The molecule has 3 aromatic rings. The van der Waals surface area contributed by atoms with Crippen molar-refractivity contribution >= 4 is 50.9 Å². The van der Waals surface area contributed by atoms with E-state index in [-0.39, 0.29) is 0 Å². The predicted octanol–water partition coefficient (Wildman–Crippen LogP) is 3.75. The molecule has 0 saturated carbocycles. The van der Waals surface area contributed by atoms with Gasteiger partial charge in [-0.05, 0) is 46.9 Å². The molecule has 74 valence electrons. The van der Waals surface area contributed by atoms with E-state index in [0.29, 0.717) is 5.02 Å². The number of hydrogen-bond acceptors (Lipinski definition) is 1. The second kappa shape index (κ2) is 3.35. The van der Waals surface area contributed by atoms with E-state index in [1.807, 2.05) is 28.8 Å². The van der Waals surface area contributed by atoms with Crippen molar-refractivity contribution in [3.05, 3.63) is 45.1 Å². The van der Waals surface area contributed by atoms with E-state index in [0.717, 1.165) is 16.7 Å². The molecule has 0 atom stereocenters. The van der Waals surface area contributed by atoms with Gasteiger partial charge in [-0.1, -0.05) is 11.6 Å². The quantitative estimate of drug-likeness (QED) is 0.575. The van der Waals surface area contributed by atoms with Crippen LogP contribution in [0.15, 0.2) is 36.5 Å². The molecule has 0 spiro atoms. The molecule has 0 amide bonds. The predicted molar refractivity (Wildman–Crippen MR) is 70.4 cm³/mol. The number of pyridine rings is 1. The molecule has 0 aliphatic heterocycles. The van der Waals surface area contributed by atoms with Gasteiger partial charge >= 0.3 is 0 Å². The van der Waals surface area contributed by atoms with Crippen LogP contribution in [0.2, 0.25) is 5.02 Å². The summed E-state index contributed by atoms with van der Waals surface area (Å²) < 4.78 is 3.25. The first kappa shape index (κ1) is 9.42. The normalized spacial score (nSPS) is 11.3. The van der Waals surface area contributed by atoms with E-state index in [9.17, 15) is 0 Å². The fraction of sp³-hybridized carbons (Fsp3) is 0. The Morgan fingerprint density at radius 1 is 1.20 bits per heavy atom. The smallest absolute Gasteiger partial charge is 0.139 e. The van der Waals surface area contributed by atoms with Crippen molar-refractivity contribution in [2.45, 2.75) is 0 Å². The zero-order valence-corrected chi connectivity index (χ0v) is 10.5. The van der Waals surface area contributed by atoms with Gasteiger partial charge in [-0.15, -0.1) is 0 Å². The van der Waals surface area contributed by atoms with Crippen LogP contribution >= 0.6 is 34.2 Å². The number of hydrogen-bond donors (Lipinski definition) is 0. The third-order valence-electron chi connectivity index (χ3n) is 2.33.